The van der Waals surface area contributed by atoms with E-state index in [0.717, 1.165) is 12.1 Å². The van der Waals surface area contributed by atoms with E-state index in [9.17, 15) is 23.3 Å². The summed E-state index contributed by atoms with van der Waals surface area (Å²) in [5.41, 5.74) is 0.122. The molecule has 25 heavy (non-hydrogen) atoms. The second kappa shape index (κ2) is 5.90. The van der Waals surface area contributed by atoms with Gasteiger partial charge in [0, 0.05) is 25.2 Å². The number of hydrogen-bond donors (Lipinski definition) is 1. The SMILES string of the molecule is Cn1c(=O)oc2cc(S(=O)(=O)Nc3cccc([N+](=O)[O-])c3)c(Cl)cc21. The van der Waals surface area contributed by atoms with E-state index >= 15 is 0 Å². The van der Waals surface area contributed by atoms with E-state index in [0.29, 0.717) is 5.52 Å². The molecule has 0 unspecified atom stereocenters. The van der Waals surface area contributed by atoms with E-state index in [1.165, 1.54) is 35.9 Å². The van der Waals surface area contributed by atoms with Gasteiger partial charge in [-0.1, -0.05) is 17.7 Å². The van der Waals surface area contributed by atoms with E-state index in [-0.39, 0.29) is 26.9 Å². The Morgan fingerprint density at radius 2 is 2.00 bits per heavy atom. The molecule has 0 saturated carbocycles. The van der Waals surface area contributed by atoms with Gasteiger partial charge in [-0.2, -0.15) is 0 Å². The Labute approximate surface area is 145 Å². The van der Waals surface area contributed by atoms with Crippen LogP contribution in [0.2, 0.25) is 5.02 Å². The van der Waals surface area contributed by atoms with Crippen LogP contribution in [0.15, 0.2) is 50.5 Å². The van der Waals surface area contributed by atoms with E-state index in [2.05, 4.69) is 4.72 Å². The molecule has 1 heterocycles. The smallest absolute Gasteiger partial charge is 0.408 e. The number of aromatic nitrogens is 1. The zero-order valence-corrected chi connectivity index (χ0v) is 14.2. The minimum atomic E-state index is -4.16. The Kier molecular flexibility index (Phi) is 4.01. The van der Waals surface area contributed by atoms with Crippen molar-refractivity contribution >= 4 is 44.1 Å². The molecule has 3 aromatic rings. The second-order valence-electron chi connectivity index (χ2n) is 5.09. The molecule has 9 nitrogen and oxygen atoms in total. The van der Waals surface area contributed by atoms with Crippen LogP contribution < -0.4 is 10.5 Å². The molecule has 3 rings (SSSR count). The molecular formula is C14H10ClN3O6S. The first kappa shape index (κ1) is 17.0. The van der Waals surface area contributed by atoms with E-state index in [1.54, 1.807) is 0 Å². The molecule has 0 bridgehead atoms. The molecule has 0 radical (unpaired) electrons. The largest absolute Gasteiger partial charge is 0.419 e. The summed E-state index contributed by atoms with van der Waals surface area (Å²) >= 11 is 6.03. The maximum atomic E-state index is 12.5. The maximum Gasteiger partial charge on any atom is 0.419 e. The maximum absolute atomic E-state index is 12.5. The van der Waals surface area contributed by atoms with Crippen LogP contribution in [0.3, 0.4) is 0 Å². The van der Waals surface area contributed by atoms with E-state index < -0.39 is 20.7 Å². The van der Waals surface area contributed by atoms with Gasteiger partial charge < -0.3 is 4.42 Å². The van der Waals surface area contributed by atoms with Crippen LogP contribution in [0.1, 0.15) is 0 Å². The van der Waals surface area contributed by atoms with Crippen LogP contribution in [0.25, 0.3) is 11.1 Å². The van der Waals surface area contributed by atoms with Crippen molar-refractivity contribution in [3.8, 4) is 0 Å². The van der Waals surface area contributed by atoms with Gasteiger partial charge in [-0.25, -0.2) is 13.2 Å². The van der Waals surface area contributed by atoms with E-state index in [4.69, 9.17) is 16.0 Å². The number of non-ortho nitro benzene ring substituents is 1. The summed E-state index contributed by atoms with van der Waals surface area (Å²) in [6, 6.07) is 7.43. The summed E-state index contributed by atoms with van der Waals surface area (Å²) < 4.78 is 33.5. The summed E-state index contributed by atoms with van der Waals surface area (Å²) in [6.07, 6.45) is 0. The number of anilines is 1. The first-order valence-electron chi connectivity index (χ1n) is 6.75. The molecule has 0 atom stereocenters. The van der Waals surface area contributed by atoms with Crippen molar-refractivity contribution in [2.24, 2.45) is 7.05 Å². The topological polar surface area (TPSA) is 124 Å². The third kappa shape index (κ3) is 3.08. The molecule has 0 aliphatic carbocycles. The zero-order chi connectivity index (χ0) is 18.4. The van der Waals surface area contributed by atoms with Gasteiger partial charge in [0.25, 0.3) is 15.7 Å². The summed E-state index contributed by atoms with van der Waals surface area (Å²) in [6.45, 7) is 0. The third-order valence-corrected chi connectivity index (χ3v) is 5.29. The van der Waals surface area contributed by atoms with Gasteiger partial charge in [0.15, 0.2) is 5.58 Å². The first-order chi connectivity index (χ1) is 11.7. The van der Waals surface area contributed by atoms with Gasteiger partial charge in [-0.15, -0.1) is 0 Å². The molecule has 130 valence electrons. The molecule has 2 aromatic carbocycles. The lowest BCUT2D eigenvalue weighted by Gasteiger charge is -2.09. The predicted octanol–water partition coefficient (Wildman–Crippen LogP) is 2.49. The van der Waals surface area contributed by atoms with Crippen molar-refractivity contribution < 1.29 is 17.8 Å². The van der Waals surface area contributed by atoms with Crippen molar-refractivity contribution in [3.63, 3.8) is 0 Å². The van der Waals surface area contributed by atoms with Crippen molar-refractivity contribution in [2.45, 2.75) is 4.90 Å². The van der Waals surface area contributed by atoms with Crippen LogP contribution >= 0.6 is 11.6 Å². The van der Waals surface area contributed by atoms with Crippen LogP contribution in [0, 0.1) is 10.1 Å². The number of sulfonamides is 1. The van der Waals surface area contributed by atoms with Crippen LogP contribution in [-0.2, 0) is 17.1 Å². The lowest BCUT2D eigenvalue weighted by atomic mass is 10.3. The third-order valence-electron chi connectivity index (χ3n) is 3.44. The highest BCUT2D eigenvalue weighted by molar-refractivity contribution is 7.92. The molecule has 0 saturated heterocycles. The fourth-order valence-corrected chi connectivity index (χ4v) is 3.82. The highest BCUT2D eigenvalue weighted by atomic mass is 35.5. The highest BCUT2D eigenvalue weighted by Crippen LogP contribution is 2.29. The van der Waals surface area contributed by atoms with Crippen molar-refractivity contribution in [1.29, 1.82) is 0 Å². The molecule has 0 fully saturated rings. The molecule has 0 spiro atoms. The van der Waals surface area contributed by atoms with Gasteiger partial charge in [-0.3, -0.25) is 19.4 Å². The Hall–Kier alpha value is -2.85. The Morgan fingerprint density at radius 1 is 1.28 bits per heavy atom. The lowest BCUT2D eigenvalue weighted by molar-refractivity contribution is -0.384. The van der Waals surface area contributed by atoms with Crippen molar-refractivity contribution in [2.75, 3.05) is 4.72 Å². The quantitative estimate of drug-likeness (QED) is 0.545. The van der Waals surface area contributed by atoms with Gasteiger partial charge in [0.05, 0.1) is 21.2 Å². The van der Waals surface area contributed by atoms with Crippen LogP contribution in [0.5, 0.6) is 0 Å². The molecule has 1 N–H and O–H groups in total. The van der Waals surface area contributed by atoms with Gasteiger partial charge in [-0.05, 0) is 12.1 Å². The monoisotopic (exact) mass is 383 g/mol. The molecule has 0 amide bonds. The van der Waals surface area contributed by atoms with Crippen LogP contribution in [-0.4, -0.2) is 17.9 Å². The predicted molar refractivity (Wildman–Crippen MR) is 90.4 cm³/mol. The number of nitro benzene ring substituents is 1. The number of benzene rings is 2. The molecule has 11 heteroatoms. The van der Waals surface area contributed by atoms with Crippen molar-refractivity contribution in [1.82, 2.24) is 4.57 Å². The number of oxazole rings is 1. The average Bonchev–Trinajstić information content (AvgIpc) is 2.81. The number of hydrogen-bond acceptors (Lipinski definition) is 6. The summed E-state index contributed by atoms with van der Waals surface area (Å²) in [7, 11) is -2.70. The van der Waals surface area contributed by atoms with E-state index in [1.807, 2.05) is 0 Å². The number of rotatable bonds is 4. The summed E-state index contributed by atoms with van der Waals surface area (Å²) in [4.78, 5) is 21.4. The lowest BCUT2D eigenvalue weighted by Crippen LogP contribution is -2.13. The number of halogens is 1. The minimum Gasteiger partial charge on any atom is -0.408 e. The van der Waals surface area contributed by atoms with Crippen molar-refractivity contribution in [3.05, 3.63) is 62.1 Å². The Morgan fingerprint density at radius 3 is 2.68 bits per heavy atom. The number of fused-ring (bicyclic) bond motifs is 1. The second-order valence-corrected chi connectivity index (χ2v) is 7.15. The van der Waals surface area contributed by atoms with Gasteiger partial charge >= 0.3 is 5.76 Å². The zero-order valence-electron chi connectivity index (χ0n) is 12.6. The number of aryl methyl sites for hydroxylation is 1. The molecular weight excluding hydrogens is 374 g/mol. The summed E-state index contributed by atoms with van der Waals surface area (Å²) in [5, 5.41) is 10.7. The number of nitrogens with one attached hydrogen (secondary N) is 1. The fourth-order valence-electron chi connectivity index (χ4n) is 2.23. The first-order valence-corrected chi connectivity index (χ1v) is 8.61. The normalized spacial score (nSPS) is 11.6. The minimum absolute atomic E-state index is 0.000113. The standard InChI is InChI=1S/C14H10ClN3O6S/c1-17-11-6-10(15)13(7-12(11)24-14(17)19)25(22,23)16-8-3-2-4-9(5-8)18(20)21/h2-7,16H,1H3. The average molecular weight is 384 g/mol. The molecule has 1 aromatic heterocycles. The fraction of sp³-hybridized carbons (Fsp3) is 0.0714. The molecule has 0 aliphatic rings. The Bertz CT molecular complexity index is 1170. The highest BCUT2D eigenvalue weighted by Gasteiger charge is 2.22. The summed E-state index contributed by atoms with van der Waals surface area (Å²) in [5.74, 6) is -0.660. The number of nitro groups is 1. The Balaban J connectivity index is 2.07. The van der Waals surface area contributed by atoms with Gasteiger partial charge in [0.2, 0.25) is 0 Å². The van der Waals surface area contributed by atoms with Crippen LogP contribution in [0.4, 0.5) is 11.4 Å². The molecule has 0 aliphatic heterocycles. The number of nitrogens with zero attached hydrogens (tertiary/aromatic N) is 2. The van der Waals surface area contributed by atoms with Gasteiger partial charge in [0.1, 0.15) is 4.90 Å².